The van der Waals surface area contributed by atoms with Crippen LogP contribution in [0.25, 0.3) is 10.9 Å². The number of likely N-dealkylation sites (tertiary alicyclic amines) is 1. The van der Waals surface area contributed by atoms with Crippen LogP contribution in [0.5, 0.6) is 5.75 Å². The van der Waals surface area contributed by atoms with Gasteiger partial charge in [0.25, 0.3) is 5.91 Å². The van der Waals surface area contributed by atoms with E-state index in [2.05, 4.69) is 26.9 Å². The lowest BCUT2D eigenvalue weighted by Crippen LogP contribution is -2.53. The highest BCUT2D eigenvalue weighted by atomic mass is 35.5. The zero-order chi connectivity index (χ0) is 28.8. The predicted molar refractivity (Wildman–Crippen MR) is 170 cm³/mol. The number of benzene rings is 3. The fourth-order valence-electron chi connectivity index (χ4n) is 7.98. The molecule has 2 saturated carbocycles. The minimum atomic E-state index is -0.0897. The van der Waals surface area contributed by atoms with Gasteiger partial charge in [0.05, 0.1) is 18.2 Å². The van der Waals surface area contributed by atoms with Crippen LogP contribution in [0.3, 0.4) is 0 Å². The number of fused-ring (bicyclic) bond motifs is 1. The number of carbonyl (C=O) groups is 1. The monoisotopic (exact) mass is 601 g/mol. The van der Waals surface area contributed by atoms with Crippen molar-refractivity contribution < 1.29 is 9.53 Å². The Morgan fingerprint density at radius 3 is 2.62 bits per heavy atom. The summed E-state index contributed by atoms with van der Waals surface area (Å²) in [5, 5.41) is 5.47. The van der Waals surface area contributed by atoms with E-state index in [4.69, 9.17) is 27.9 Å². The molecule has 1 saturated heterocycles. The van der Waals surface area contributed by atoms with Crippen molar-refractivity contribution in [3.63, 3.8) is 0 Å². The number of hydrogen-bond donors (Lipinski definition) is 1. The van der Waals surface area contributed by atoms with E-state index in [1.807, 2.05) is 60.8 Å². The Morgan fingerprint density at radius 2 is 1.81 bits per heavy atom. The van der Waals surface area contributed by atoms with E-state index >= 15 is 0 Å². The fraction of sp³-hybridized carbons (Fsp3) is 0.400. The molecule has 1 amide bonds. The number of nitrogens with zero attached hydrogens (tertiary/aromatic N) is 2. The standard InChI is InChI=1S/C35H37Cl2N3O2/c1-42-30-8-3-7-28-29(34(41)38-21-25-5-2-6-27(37)17-25)22-39(33(28)30)15-4-16-40-31-18-24(19-35(31)20-32(35)40)10-9-23-11-13-26(36)14-12-23/h2-3,5-8,11-14,17,22,24,31-32H,4,9-10,15-16,18-21H2,1H3,(H,38,41)/t24?,31?,32?,35-/m0/s1. The second kappa shape index (κ2) is 11.3. The van der Waals surface area contributed by atoms with Gasteiger partial charge in [0.1, 0.15) is 5.75 Å². The lowest BCUT2D eigenvalue weighted by atomic mass is 9.89. The first-order chi connectivity index (χ1) is 20.4. The third kappa shape index (κ3) is 5.10. The lowest BCUT2D eigenvalue weighted by molar-refractivity contribution is 0.0329. The van der Waals surface area contributed by atoms with Crippen LogP contribution in [0.1, 0.15) is 53.6 Å². The van der Waals surface area contributed by atoms with Crippen LogP contribution >= 0.6 is 23.2 Å². The first-order valence-electron chi connectivity index (χ1n) is 15.1. The quantitative estimate of drug-likeness (QED) is 0.191. The van der Waals surface area contributed by atoms with Crippen LogP contribution in [0.15, 0.2) is 72.9 Å². The smallest absolute Gasteiger partial charge is 0.253 e. The van der Waals surface area contributed by atoms with Gasteiger partial charge in [-0.25, -0.2) is 0 Å². The molecule has 218 valence electrons. The highest BCUT2D eigenvalue weighted by molar-refractivity contribution is 6.30. The van der Waals surface area contributed by atoms with E-state index in [0.717, 1.165) is 71.2 Å². The van der Waals surface area contributed by atoms with Crippen molar-refractivity contribution in [2.24, 2.45) is 11.3 Å². The molecule has 4 atom stereocenters. The first kappa shape index (κ1) is 27.8. The second-order valence-electron chi connectivity index (χ2n) is 12.4. The zero-order valence-corrected chi connectivity index (χ0v) is 25.5. The molecule has 42 heavy (non-hydrogen) atoms. The number of hydrogen-bond acceptors (Lipinski definition) is 3. The van der Waals surface area contributed by atoms with Crippen LogP contribution in [0.2, 0.25) is 10.0 Å². The van der Waals surface area contributed by atoms with Gasteiger partial charge in [0, 0.05) is 58.8 Å². The number of ether oxygens (including phenoxy) is 1. The van der Waals surface area contributed by atoms with Crippen molar-refractivity contribution in [1.82, 2.24) is 14.8 Å². The van der Waals surface area contributed by atoms with Gasteiger partial charge in [0.2, 0.25) is 0 Å². The number of rotatable bonds is 11. The molecule has 4 aromatic rings. The summed E-state index contributed by atoms with van der Waals surface area (Å²) in [4.78, 5) is 16.1. The molecular formula is C35H37Cl2N3O2. The molecule has 3 aromatic carbocycles. The van der Waals surface area contributed by atoms with Gasteiger partial charge in [0.15, 0.2) is 0 Å². The molecule has 7 rings (SSSR count). The van der Waals surface area contributed by atoms with Crippen LogP contribution in [0.4, 0.5) is 0 Å². The molecule has 3 aliphatic rings. The Bertz CT molecular complexity index is 1620. The van der Waals surface area contributed by atoms with Crippen molar-refractivity contribution in [2.75, 3.05) is 13.7 Å². The Morgan fingerprint density at radius 1 is 0.976 bits per heavy atom. The summed E-state index contributed by atoms with van der Waals surface area (Å²) in [6.07, 6.45) is 9.59. The second-order valence-corrected chi connectivity index (χ2v) is 13.3. The largest absolute Gasteiger partial charge is 0.495 e. The van der Waals surface area contributed by atoms with Gasteiger partial charge in [-0.05, 0) is 85.9 Å². The van der Waals surface area contributed by atoms with Crippen LogP contribution in [-0.2, 0) is 19.5 Å². The van der Waals surface area contributed by atoms with E-state index in [1.54, 1.807) is 7.11 Å². The van der Waals surface area contributed by atoms with Gasteiger partial charge < -0.3 is 14.6 Å². The summed E-state index contributed by atoms with van der Waals surface area (Å²) in [7, 11) is 1.70. The van der Waals surface area contributed by atoms with Gasteiger partial charge in [-0.15, -0.1) is 0 Å². The number of nitrogens with one attached hydrogen (secondary N) is 1. The van der Waals surface area contributed by atoms with Crippen molar-refractivity contribution in [1.29, 1.82) is 0 Å². The lowest BCUT2D eigenvalue weighted by Gasteiger charge is -2.44. The minimum absolute atomic E-state index is 0.0897. The van der Waals surface area contributed by atoms with Crippen LogP contribution in [-0.4, -0.2) is 41.1 Å². The fourth-order valence-corrected chi connectivity index (χ4v) is 8.32. The molecular weight excluding hydrogens is 565 g/mol. The van der Waals surface area contributed by atoms with Crippen molar-refractivity contribution in [3.05, 3.63) is 99.7 Å². The number of halogens is 2. The average Bonchev–Trinajstić information content (AvgIpc) is 3.29. The molecule has 2 heterocycles. The highest BCUT2D eigenvalue weighted by Gasteiger charge is 2.74. The maximum absolute atomic E-state index is 13.3. The molecule has 1 N–H and O–H groups in total. The molecule has 0 bridgehead atoms. The number of aromatic nitrogens is 1. The van der Waals surface area contributed by atoms with Gasteiger partial charge in [-0.1, -0.05) is 59.6 Å². The maximum atomic E-state index is 13.3. The molecule has 1 aliphatic heterocycles. The molecule has 0 radical (unpaired) electrons. The summed E-state index contributed by atoms with van der Waals surface area (Å²) < 4.78 is 7.95. The SMILES string of the molecule is COc1cccc2c(C(=O)NCc3cccc(Cl)c3)cn(CCCN3C4CC(CCc5ccc(Cl)cc5)C[C@]45CC35)c12. The topological polar surface area (TPSA) is 46.5 Å². The van der Waals surface area contributed by atoms with Gasteiger partial charge in [-0.3, -0.25) is 9.69 Å². The Balaban J connectivity index is 0.983. The van der Waals surface area contributed by atoms with E-state index in [1.165, 1.54) is 31.2 Å². The summed E-state index contributed by atoms with van der Waals surface area (Å²) in [6, 6.07) is 23.4. The van der Waals surface area contributed by atoms with Gasteiger partial charge in [-0.2, -0.15) is 0 Å². The van der Waals surface area contributed by atoms with E-state index in [9.17, 15) is 4.79 Å². The third-order valence-corrected chi connectivity index (χ3v) is 10.5. The third-order valence-electron chi connectivity index (χ3n) is 10.0. The summed E-state index contributed by atoms with van der Waals surface area (Å²) in [5.74, 6) is 1.53. The van der Waals surface area contributed by atoms with E-state index < -0.39 is 0 Å². The summed E-state index contributed by atoms with van der Waals surface area (Å²) in [5.41, 5.74) is 4.65. The van der Waals surface area contributed by atoms with Crippen LogP contribution < -0.4 is 10.1 Å². The Labute approximate surface area is 257 Å². The predicted octanol–water partition coefficient (Wildman–Crippen LogP) is 7.76. The van der Waals surface area contributed by atoms with E-state index in [0.29, 0.717) is 22.5 Å². The molecule has 1 aromatic heterocycles. The molecule has 3 fully saturated rings. The van der Waals surface area contributed by atoms with Crippen molar-refractivity contribution in [3.8, 4) is 5.75 Å². The summed E-state index contributed by atoms with van der Waals surface area (Å²) >= 11 is 12.2. The number of methoxy groups -OCH3 is 1. The number of carbonyl (C=O) groups excluding carboxylic acids is 1. The van der Waals surface area contributed by atoms with Crippen molar-refractivity contribution >= 4 is 40.0 Å². The maximum Gasteiger partial charge on any atom is 0.253 e. The first-order valence-corrected chi connectivity index (χ1v) is 15.9. The summed E-state index contributed by atoms with van der Waals surface area (Å²) in [6.45, 7) is 2.38. The molecule has 7 heteroatoms. The van der Waals surface area contributed by atoms with E-state index in [-0.39, 0.29) is 5.91 Å². The van der Waals surface area contributed by atoms with Crippen molar-refractivity contribution in [2.45, 2.75) is 63.7 Å². The molecule has 2 aliphatic carbocycles. The molecule has 3 unspecified atom stereocenters. The number of para-hydroxylation sites is 1. The average molecular weight is 603 g/mol. The normalized spacial score (nSPS) is 24.2. The van der Waals surface area contributed by atoms with Gasteiger partial charge >= 0.3 is 0 Å². The Kier molecular flexibility index (Phi) is 7.46. The highest BCUT2D eigenvalue weighted by Crippen LogP contribution is 2.72. The molecule has 5 nitrogen and oxygen atoms in total. The minimum Gasteiger partial charge on any atom is -0.495 e. The Hall–Kier alpha value is -2.99. The molecule has 1 spiro atoms. The zero-order valence-electron chi connectivity index (χ0n) is 24.0. The van der Waals surface area contributed by atoms with Crippen LogP contribution in [0, 0.1) is 11.3 Å². The number of amides is 1. The number of aryl methyl sites for hydroxylation is 2.